The van der Waals surface area contributed by atoms with Crippen molar-refractivity contribution in [3.05, 3.63) is 16.6 Å². The van der Waals surface area contributed by atoms with Crippen LogP contribution < -0.4 is 5.32 Å². The fourth-order valence-electron chi connectivity index (χ4n) is 0.724. The van der Waals surface area contributed by atoms with E-state index in [0.717, 1.165) is 5.01 Å². The van der Waals surface area contributed by atoms with E-state index in [0.29, 0.717) is 13.0 Å². The van der Waals surface area contributed by atoms with Crippen LogP contribution in [0.1, 0.15) is 18.4 Å². The second-order valence-electron chi connectivity index (χ2n) is 2.37. The number of nitrogens with zero attached hydrogens (tertiary/aromatic N) is 1. The molecule has 13 heavy (non-hydrogen) atoms. The summed E-state index contributed by atoms with van der Waals surface area (Å²) in [7, 11) is 0. The van der Waals surface area contributed by atoms with Crippen LogP contribution in [0.25, 0.3) is 0 Å². The molecule has 1 amide bonds. The van der Waals surface area contributed by atoms with Crippen LogP contribution in [0.5, 0.6) is 0 Å². The van der Waals surface area contributed by atoms with Crippen molar-refractivity contribution in [1.29, 1.82) is 0 Å². The van der Waals surface area contributed by atoms with Gasteiger partial charge in [0.1, 0.15) is 0 Å². The van der Waals surface area contributed by atoms with E-state index in [-0.39, 0.29) is 5.91 Å². The van der Waals surface area contributed by atoms with Crippen molar-refractivity contribution in [3.63, 3.8) is 0 Å². The van der Waals surface area contributed by atoms with E-state index in [4.69, 9.17) is 0 Å². The summed E-state index contributed by atoms with van der Waals surface area (Å²) in [5.41, 5.74) is 0. The van der Waals surface area contributed by atoms with Crippen LogP contribution in [0, 0.1) is 11.8 Å². The van der Waals surface area contributed by atoms with Crippen LogP contribution in [0.2, 0.25) is 0 Å². The molecule has 0 aliphatic carbocycles. The van der Waals surface area contributed by atoms with Gasteiger partial charge in [-0.3, -0.25) is 4.79 Å². The van der Waals surface area contributed by atoms with Gasteiger partial charge in [-0.15, -0.1) is 11.3 Å². The average Bonchev–Trinajstić information content (AvgIpc) is 2.55. The lowest BCUT2D eigenvalue weighted by Gasteiger charge is -1.93. The first-order chi connectivity index (χ1) is 6.29. The topological polar surface area (TPSA) is 42.0 Å². The zero-order chi connectivity index (χ0) is 9.52. The van der Waals surface area contributed by atoms with Crippen molar-refractivity contribution >= 4 is 17.2 Å². The summed E-state index contributed by atoms with van der Waals surface area (Å²) >= 11 is 1.52. The molecule has 0 aromatic carbocycles. The van der Waals surface area contributed by atoms with Gasteiger partial charge in [0, 0.05) is 31.5 Å². The molecule has 0 atom stereocenters. The smallest absolute Gasteiger partial charge is 0.216 e. The maximum atomic E-state index is 10.5. The summed E-state index contributed by atoms with van der Waals surface area (Å²) in [5, 5.41) is 5.38. The molecule has 0 saturated heterocycles. The molecule has 1 aromatic rings. The lowest BCUT2D eigenvalue weighted by Crippen LogP contribution is -2.20. The Morgan fingerprint density at radius 2 is 2.62 bits per heavy atom. The van der Waals surface area contributed by atoms with E-state index in [1.165, 1.54) is 18.3 Å². The molecule has 3 nitrogen and oxygen atoms in total. The Morgan fingerprint density at radius 3 is 3.23 bits per heavy atom. The minimum absolute atomic E-state index is 0.0175. The average molecular weight is 194 g/mol. The number of carbonyl (C=O) groups is 1. The third-order valence-electron chi connectivity index (χ3n) is 1.25. The third-order valence-corrected chi connectivity index (χ3v) is 1.94. The van der Waals surface area contributed by atoms with Gasteiger partial charge in [0.25, 0.3) is 0 Å². The highest BCUT2D eigenvalue weighted by Gasteiger charge is 1.87. The molecule has 0 aliphatic rings. The first kappa shape index (κ1) is 9.75. The van der Waals surface area contributed by atoms with Gasteiger partial charge in [-0.1, -0.05) is 5.92 Å². The predicted octanol–water partition coefficient (Wildman–Crippen LogP) is 1.02. The number of carbonyl (C=O) groups excluding carboxylic acids is 1. The fraction of sp³-hybridized carbons (Fsp3) is 0.333. The standard InChI is InChI=1S/C9H10N2OS/c1-8(12)10-5-3-2-4-9-11-6-7-13-9/h6-7H,3,5H2,1H3,(H,10,12). The quantitative estimate of drug-likeness (QED) is 0.564. The highest BCUT2D eigenvalue weighted by atomic mass is 32.1. The third kappa shape index (κ3) is 4.28. The zero-order valence-corrected chi connectivity index (χ0v) is 8.15. The van der Waals surface area contributed by atoms with E-state index < -0.39 is 0 Å². The highest BCUT2D eigenvalue weighted by molar-refractivity contribution is 7.10. The largest absolute Gasteiger partial charge is 0.355 e. The lowest BCUT2D eigenvalue weighted by atomic mass is 10.4. The summed E-state index contributed by atoms with van der Waals surface area (Å²) in [6.45, 7) is 2.10. The summed E-state index contributed by atoms with van der Waals surface area (Å²) in [6.07, 6.45) is 2.39. The summed E-state index contributed by atoms with van der Waals surface area (Å²) < 4.78 is 0. The molecular formula is C9H10N2OS. The highest BCUT2D eigenvalue weighted by Crippen LogP contribution is 2.00. The van der Waals surface area contributed by atoms with E-state index in [1.54, 1.807) is 6.20 Å². The lowest BCUT2D eigenvalue weighted by molar-refractivity contribution is -0.118. The van der Waals surface area contributed by atoms with Crippen LogP contribution in [-0.4, -0.2) is 17.4 Å². The van der Waals surface area contributed by atoms with Gasteiger partial charge in [-0.05, 0) is 5.92 Å². The molecule has 1 heterocycles. The maximum Gasteiger partial charge on any atom is 0.216 e. The van der Waals surface area contributed by atoms with Crippen molar-refractivity contribution in [2.75, 3.05) is 6.54 Å². The Morgan fingerprint density at radius 1 is 1.77 bits per heavy atom. The summed E-state index contributed by atoms with van der Waals surface area (Å²) in [6, 6.07) is 0. The van der Waals surface area contributed by atoms with E-state index in [9.17, 15) is 4.79 Å². The van der Waals surface area contributed by atoms with Gasteiger partial charge in [-0.2, -0.15) is 0 Å². The second-order valence-corrected chi connectivity index (χ2v) is 3.27. The first-order valence-electron chi connectivity index (χ1n) is 3.92. The van der Waals surface area contributed by atoms with Gasteiger partial charge in [0.15, 0.2) is 5.01 Å². The molecule has 0 aliphatic heterocycles. The van der Waals surface area contributed by atoms with E-state index >= 15 is 0 Å². The maximum absolute atomic E-state index is 10.5. The van der Waals surface area contributed by atoms with Crippen molar-refractivity contribution in [3.8, 4) is 11.8 Å². The Balaban J connectivity index is 2.22. The molecule has 1 N–H and O–H groups in total. The molecule has 1 rings (SSSR count). The van der Waals surface area contributed by atoms with Gasteiger partial charge in [0.05, 0.1) is 0 Å². The molecule has 4 heteroatoms. The monoisotopic (exact) mass is 194 g/mol. The SMILES string of the molecule is CC(=O)NCCC#Cc1nccs1. The molecule has 0 bridgehead atoms. The predicted molar refractivity (Wildman–Crippen MR) is 52.3 cm³/mol. The fourth-order valence-corrected chi connectivity index (χ4v) is 1.23. The Hall–Kier alpha value is -1.34. The van der Waals surface area contributed by atoms with Crippen LogP contribution >= 0.6 is 11.3 Å². The molecule has 0 fully saturated rings. The van der Waals surface area contributed by atoms with Gasteiger partial charge in [0.2, 0.25) is 5.91 Å². The molecule has 1 aromatic heterocycles. The van der Waals surface area contributed by atoms with E-state index in [1.807, 2.05) is 5.38 Å². The Bertz CT molecular complexity index is 321. The number of thiazole rings is 1. The van der Waals surface area contributed by atoms with Crippen molar-refractivity contribution in [2.24, 2.45) is 0 Å². The van der Waals surface area contributed by atoms with Gasteiger partial charge in [-0.25, -0.2) is 4.98 Å². The van der Waals surface area contributed by atoms with Gasteiger partial charge < -0.3 is 5.32 Å². The second kappa shape index (κ2) is 5.33. The molecule has 0 saturated carbocycles. The molecule has 0 radical (unpaired) electrons. The minimum atomic E-state index is -0.0175. The number of hydrogen-bond donors (Lipinski definition) is 1. The van der Waals surface area contributed by atoms with Gasteiger partial charge >= 0.3 is 0 Å². The number of rotatable bonds is 2. The van der Waals surface area contributed by atoms with Crippen molar-refractivity contribution in [2.45, 2.75) is 13.3 Å². The Labute approximate surface area is 81.2 Å². The van der Waals surface area contributed by atoms with Crippen LogP contribution in [0.4, 0.5) is 0 Å². The summed E-state index contributed by atoms with van der Waals surface area (Å²) in [4.78, 5) is 14.5. The molecule has 0 unspecified atom stereocenters. The number of hydrogen-bond acceptors (Lipinski definition) is 3. The first-order valence-corrected chi connectivity index (χ1v) is 4.80. The van der Waals surface area contributed by atoms with E-state index in [2.05, 4.69) is 22.1 Å². The molecule has 0 spiro atoms. The van der Waals surface area contributed by atoms with Crippen LogP contribution in [-0.2, 0) is 4.79 Å². The van der Waals surface area contributed by atoms with Crippen LogP contribution in [0.15, 0.2) is 11.6 Å². The molecular weight excluding hydrogens is 184 g/mol. The minimum Gasteiger partial charge on any atom is -0.355 e. The van der Waals surface area contributed by atoms with Crippen molar-refractivity contribution < 1.29 is 4.79 Å². The zero-order valence-electron chi connectivity index (χ0n) is 7.33. The van der Waals surface area contributed by atoms with Crippen molar-refractivity contribution in [1.82, 2.24) is 10.3 Å². The summed E-state index contributed by atoms with van der Waals surface area (Å²) in [5.74, 6) is 5.81. The number of nitrogens with one attached hydrogen (secondary N) is 1. The number of amides is 1. The Kier molecular flexibility index (Phi) is 4.00. The van der Waals surface area contributed by atoms with Crippen LogP contribution in [0.3, 0.4) is 0 Å². The number of aromatic nitrogens is 1. The normalized spacial score (nSPS) is 8.69. The molecule has 68 valence electrons.